The number of hydrogen-bond donors (Lipinski definition) is 1. The monoisotopic (exact) mass is 351 g/mol. The lowest BCUT2D eigenvalue weighted by atomic mass is 9.73. The van der Waals surface area contributed by atoms with E-state index in [0.717, 1.165) is 11.1 Å². The molecule has 1 heterocycles. The minimum absolute atomic E-state index is 0.299. The van der Waals surface area contributed by atoms with Gasteiger partial charge in [0.1, 0.15) is 0 Å². The average molecular weight is 351 g/mol. The summed E-state index contributed by atoms with van der Waals surface area (Å²) in [5.41, 5.74) is 1.32. The highest BCUT2D eigenvalue weighted by Gasteiger charge is 2.54. The molecule has 0 radical (unpaired) electrons. The Hall–Kier alpha value is -0.685. The Labute approximate surface area is 149 Å². The summed E-state index contributed by atoms with van der Waals surface area (Å²) in [6.45, 7) is 16.0. The highest BCUT2D eigenvalue weighted by Crippen LogP contribution is 2.40. The first-order valence-corrected chi connectivity index (χ1v) is 9.59. The number of rotatable bonds is 4. The second-order valence-corrected chi connectivity index (χ2v) is 10.5. The second-order valence-electron chi connectivity index (χ2n) is 8.46. The topological polar surface area (TPSA) is 47.6 Å². The van der Waals surface area contributed by atoms with Gasteiger partial charge in [0.25, 0.3) is 0 Å². The Kier molecular flexibility index (Phi) is 5.37. The van der Waals surface area contributed by atoms with Gasteiger partial charge in [-0.25, -0.2) is 8.93 Å². The molecule has 1 aromatic carbocycles. The van der Waals surface area contributed by atoms with E-state index in [1.807, 2.05) is 66.7 Å². The van der Waals surface area contributed by atoms with E-state index in [1.165, 1.54) is 0 Å². The van der Waals surface area contributed by atoms with Crippen LogP contribution >= 0.6 is 0 Å². The Morgan fingerprint density at radius 2 is 1.58 bits per heavy atom. The molecule has 0 spiro atoms. The maximum absolute atomic E-state index is 12.7. The zero-order valence-electron chi connectivity index (χ0n) is 16.1. The van der Waals surface area contributed by atoms with E-state index < -0.39 is 29.3 Å². The molecule has 0 amide bonds. The van der Waals surface area contributed by atoms with Crippen molar-refractivity contribution in [2.45, 2.75) is 77.3 Å². The first-order valence-electron chi connectivity index (χ1n) is 8.44. The number of nitrogens with one attached hydrogen (secondary N) is 1. The SMILES string of the molecule is Cc1ccccc1[C@H](N[S@](=O)C(C)(C)C)B1OC(C)(C)C(C)(C)O1. The van der Waals surface area contributed by atoms with Crippen LogP contribution in [0.15, 0.2) is 24.3 Å². The third-order valence-corrected chi connectivity index (χ3v) is 6.44. The first kappa shape index (κ1) is 19.6. The normalized spacial score (nSPS) is 22.4. The maximum Gasteiger partial charge on any atom is 0.481 e. The number of benzene rings is 1. The van der Waals surface area contributed by atoms with Gasteiger partial charge in [-0.2, -0.15) is 0 Å². The summed E-state index contributed by atoms with van der Waals surface area (Å²) in [7, 11) is -1.73. The van der Waals surface area contributed by atoms with Gasteiger partial charge in [0.15, 0.2) is 0 Å². The highest BCUT2D eigenvalue weighted by molar-refractivity contribution is 7.84. The van der Waals surface area contributed by atoms with Crippen LogP contribution in [0.5, 0.6) is 0 Å². The molecule has 0 unspecified atom stereocenters. The third-order valence-electron chi connectivity index (χ3n) is 4.86. The lowest BCUT2D eigenvalue weighted by Gasteiger charge is -2.32. The molecule has 134 valence electrons. The maximum atomic E-state index is 12.7. The largest absolute Gasteiger partial charge is 0.481 e. The van der Waals surface area contributed by atoms with Crippen molar-refractivity contribution in [3.8, 4) is 0 Å². The van der Waals surface area contributed by atoms with Crippen molar-refractivity contribution < 1.29 is 13.5 Å². The first-order chi connectivity index (χ1) is 10.8. The summed E-state index contributed by atoms with van der Waals surface area (Å²) in [6, 6.07) is 8.08. The van der Waals surface area contributed by atoms with E-state index in [-0.39, 0.29) is 10.7 Å². The van der Waals surface area contributed by atoms with E-state index in [0.29, 0.717) is 0 Å². The Morgan fingerprint density at radius 1 is 1.08 bits per heavy atom. The van der Waals surface area contributed by atoms with Crippen LogP contribution in [-0.4, -0.2) is 27.3 Å². The minimum atomic E-state index is -1.23. The van der Waals surface area contributed by atoms with E-state index in [2.05, 4.69) is 17.7 Å². The molecule has 1 fully saturated rings. The molecule has 0 aromatic heterocycles. The molecule has 1 aromatic rings. The van der Waals surface area contributed by atoms with Gasteiger partial charge in [0.05, 0.1) is 32.9 Å². The Balaban J connectivity index is 2.38. The van der Waals surface area contributed by atoms with Gasteiger partial charge in [0.2, 0.25) is 0 Å². The van der Waals surface area contributed by atoms with Crippen LogP contribution in [0.1, 0.15) is 65.5 Å². The van der Waals surface area contributed by atoms with Gasteiger partial charge < -0.3 is 9.31 Å². The lowest BCUT2D eigenvalue weighted by molar-refractivity contribution is 0.00578. The van der Waals surface area contributed by atoms with E-state index >= 15 is 0 Å². The summed E-state index contributed by atoms with van der Waals surface area (Å²) in [5, 5.41) is 0. The Bertz CT molecular complexity index is 609. The van der Waals surface area contributed by atoms with E-state index in [1.54, 1.807) is 0 Å². The van der Waals surface area contributed by atoms with Crippen LogP contribution in [-0.2, 0) is 20.3 Å². The van der Waals surface area contributed by atoms with Crippen molar-refractivity contribution >= 4 is 18.1 Å². The number of hydrogen-bond acceptors (Lipinski definition) is 3. The Morgan fingerprint density at radius 3 is 2.04 bits per heavy atom. The summed E-state index contributed by atoms with van der Waals surface area (Å²) in [6.07, 6.45) is 0. The molecule has 2 atom stereocenters. The van der Waals surface area contributed by atoms with Gasteiger partial charge in [-0.05, 0) is 66.5 Å². The minimum Gasteiger partial charge on any atom is -0.402 e. The van der Waals surface area contributed by atoms with Gasteiger partial charge in [-0.1, -0.05) is 24.3 Å². The molecular formula is C18H30BNO3S. The van der Waals surface area contributed by atoms with Crippen molar-refractivity contribution in [1.82, 2.24) is 4.72 Å². The van der Waals surface area contributed by atoms with Crippen LogP contribution in [0.3, 0.4) is 0 Å². The zero-order valence-corrected chi connectivity index (χ0v) is 16.9. The van der Waals surface area contributed by atoms with Gasteiger partial charge in [-0.3, -0.25) is 0 Å². The van der Waals surface area contributed by atoms with Crippen LogP contribution in [0.4, 0.5) is 0 Å². The molecule has 6 heteroatoms. The summed E-state index contributed by atoms with van der Waals surface area (Å²) >= 11 is 0. The predicted molar refractivity (Wildman–Crippen MR) is 101 cm³/mol. The standard InChI is InChI=1S/C18H30BNO3S/c1-13-11-9-10-12-14(13)15(20-24(21)16(2,3)4)19-22-17(5,6)18(7,8)23-19/h9-12,15,20H,1-8H3/t15-,24+/m0/s1. The number of aryl methyl sites for hydroxylation is 1. The van der Waals surface area contributed by atoms with Crippen molar-refractivity contribution in [2.24, 2.45) is 0 Å². The molecule has 1 aliphatic rings. The summed E-state index contributed by atoms with van der Waals surface area (Å²) in [5.74, 6) is -0.299. The molecule has 0 saturated carbocycles. The van der Waals surface area contributed by atoms with E-state index in [4.69, 9.17) is 9.31 Å². The highest BCUT2D eigenvalue weighted by atomic mass is 32.2. The zero-order chi connectivity index (χ0) is 18.3. The fourth-order valence-electron chi connectivity index (χ4n) is 2.52. The van der Waals surface area contributed by atoms with Crippen molar-refractivity contribution in [3.63, 3.8) is 0 Å². The average Bonchev–Trinajstić information content (AvgIpc) is 2.64. The second kappa shape index (κ2) is 6.56. The molecule has 1 saturated heterocycles. The van der Waals surface area contributed by atoms with Crippen molar-refractivity contribution in [3.05, 3.63) is 35.4 Å². The van der Waals surface area contributed by atoms with Gasteiger partial charge in [0, 0.05) is 0 Å². The van der Waals surface area contributed by atoms with Gasteiger partial charge in [-0.15, -0.1) is 0 Å². The molecule has 0 bridgehead atoms. The third kappa shape index (κ3) is 3.93. The molecular weight excluding hydrogens is 321 g/mol. The summed E-state index contributed by atoms with van der Waals surface area (Å²) < 4.78 is 28.1. The fraction of sp³-hybridized carbons (Fsp3) is 0.667. The van der Waals surface area contributed by atoms with Crippen LogP contribution in [0.2, 0.25) is 0 Å². The molecule has 0 aliphatic carbocycles. The van der Waals surface area contributed by atoms with Crippen molar-refractivity contribution in [1.29, 1.82) is 0 Å². The van der Waals surface area contributed by atoms with Crippen molar-refractivity contribution in [2.75, 3.05) is 0 Å². The molecule has 1 N–H and O–H groups in total. The fourth-order valence-corrected chi connectivity index (χ4v) is 3.34. The van der Waals surface area contributed by atoms with Crippen LogP contribution in [0.25, 0.3) is 0 Å². The van der Waals surface area contributed by atoms with Gasteiger partial charge >= 0.3 is 7.12 Å². The predicted octanol–water partition coefficient (Wildman–Crippen LogP) is 3.72. The van der Waals surface area contributed by atoms with Crippen LogP contribution in [0, 0.1) is 6.92 Å². The quantitative estimate of drug-likeness (QED) is 0.841. The lowest BCUT2D eigenvalue weighted by Crippen LogP contribution is -2.44. The summed E-state index contributed by atoms with van der Waals surface area (Å²) in [4.78, 5) is 0. The molecule has 24 heavy (non-hydrogen) atoms. The molecule has 1 aliphatic heterocycles. The smallest absolute Gasteiger partial charge is 0.402 e. The van der Waals surface area contributed by atoms with Crippen LogP contribution < -0.4 is 4.72 Å². The molecule has 4 nitrogen and oxygen atoms in total. The van der Waals surface area contributed by atoms with E-state index in [9.17, 15) is 4.21 Å². The molecule has 2 rings (SSSR count).